The topological polar surface area (TPSA) is 85.0 Å². The van der Waals surface area contributed by atoms with Crippen molar-refractivity contribution in [2.45, 2.75) is 52.5 Å². The lowest BCUT2D eigenvalue weighted by molar-refractivity contribution is -0.139. The van der Waals surface area contributed by atoms with Crippen LogP contribution in [0.4, 0.5) is 5.69 Å². The molecule has 0 radical (unpaired) electrons. The summed E-state index contributed by atoms with van der Waals surface area (Å²) in [4.78, 5) is 44.2. The number of halogens is 1. The Labute approximate surface area is 219 Å². The van der Waals surface area contributed by atoms with Crippen molar-refractivity contribution in [2.75, 3.05) is 57.3 Å². The van der Waals surface area contributed by atoms with E-state index in [1.54, 1.807) is 4.90 Å². The molecule has 3 heterocycles. The highest BCUT2D eigenvalue weighted by Gasteiger charge is 2.48. The molecular weight excluding hydrogens is 478 g/mol. The van der Waals surface area contributed by atoms with Crippen LogP contribution in [0.5, 0.6) is 0 Å². The summed E-state index contributed by atoms with van der Waals surface area (Å²) < 4.78 is 0. The largest absolute Gasteiger partial charge is 0.369 e. The van der Waals surface area contributed by atoms with E-state index < -0.39 is 5.41 Å². The molecule has 3 saturated heterocycles. The summed E-state index contributed by atoms with van der Waals surface area (Å²) in [6, 6.07) is 8.21. The fraction of sp³-hybridized carbons (Fsp3) is 0.667. The third kappa shape index (κ3) is 6.32. The Morgan fingerprint density at radius 3 is 2.44 bits per heavy atom. The summed E-state index contributed by atoms with van der Waals surface area (Å²) >= 11 is 6.15. The Bertz CT molecular complexity index is 962. The van der Waals surface area contributed by atoms with Gasteiger partial charge in [0.05, 0.1) is 12.0 Å². The van der Waals surface area contributed by atoms with Crippen LogP contribution in [0, 0.1) is 10.8 Å². The summed E-state index contributed by atoms with van der Waals surface area (Å²) in [5.74, 6) is -0.0612. The number of anilines is 1. The molecule has 4 rings (SSSR count). The Morgan fingerprint density at radius 1 is 1.11 bits per heavy atom. The van der Waals surface area contributed by atoms with Crippen molar-refractivity contribution >= 4 is 35.0 Å². The van der Waals surface area contributed by atoms with Gasteiger partial charge in [-0.05, 0) is 43.9 Å². The van der Waals surface area contributed by atoms with E-state index >= 15 is 0 Å². The van der Waals surface area contributed by atoms with Gasteiger partial charge in [-0.25, -0.2) is 0 Å². The van der Waals surface area contributed by atoms with Crippen molar-refractivity contribution in [3.8, 4) is 0 Å². The molecule has 1 aromatic rings. The highest BCUT2D eigenvalue weighted by atomic mass is 35.5. The van der Waals surface area contributed by atoms with Gasteiger partial charge < -0.3 is 20.4 Å². The quantitative estimate of drug-likeness (QED) is 0.605. The monoisotopic (exact) mass is 517 g/mol. The Balaban J connectivity index is 1.18. The molecule has 9 heteroatoms. The average molecular weight is 518 g/mol. The van der Waals surface area contributed by atoms with Crippen LogP contribution >= 0.6 is 11.6 Å². The molecule has 3 aliphatic rings. The molecule has 0 bridgehead atoms. The molecule has 3 aliphatic heterocycles. The number of piperazine rings is 1. The van der Waals surface area contributed by atoms with E-state index in [0.29, 0.717) is 25.9 Å². The van der Waals surface area contributed by atoms with E-state index in [-0.39, 0.29) is 35.7 Å². The number of rotatable bonds is 6. The average Bonchev–Trinajstić information content (AvgIpc) is 3.15. The van der Waals surface area contributed by atoms with Gasteiger partial charge in [0.15, 0.2) is 0 Å². The number of carbonyl (C=O) groups excluding carboxylic acids is 3. The van der Waals surface area contributed by atoms with Crippen LogP contribution in [-0.4, -0.2) is 85.9 Å². The fourth-order valence-electron chi connectivity index (χ4n) is 5.52. The van der Waals surface area contributed by atoms with Crippen LogP contribution in [0.25, 0.3) is 0 Å². The van der Waals surface area contributed by atoms with Crippen LogP contribution in [0.15, 0.2) is 24.3 Å². The molecule has 3 fully saturated rings. The zero-order chi connectivity index (χ0) is 25.9. The van der Waals surface area contributed by atoms with E-state index in [1.165, 1.54) is 5.69 Å². The molecule has 1 atom stereocenters. The van der Waals surface area contributed by atoms with Crippen LogP contribution in [-0.2, 0) is 14.4 Å². The first-order valence-electron chi connectivity index (χ1n) is 13.2. The normalized spacial score (nSPS) is 22.6. The zero-order valence-corrected chi connectivity index (χ0v) is 22.6. The van der Waals surface area contributed by atoms with Gasteiger partial charge >= 0.3 is 0 Å². The van der Waals surface area contributed by atoms with Gasteiger partial charge in [-0.3, -0.25) is 19.3 Å². The van der Waals surface area contributed by atoms with Gasteiger partial charge in [-0.1, -0.05) is 38.4 Å². The number of likely N-dealkylation sites (tertiary alicyclic amines) is 1. The predicted octanol–water partition coefficient (Wildman–Crippen LogP) is 2.51. The highest BCUT2D eigenvalue weighted by Crippen LogP contribution is 2.41. The van der Waals surface area contributed by atoms with Crippen LogP contribution in [0.2, 0.25) is 5.02 Å². The molecule has 0 aromatic heterocycles. The van der Waals surface area contributed by atoms with Crippen LogP contribution in [0.1, 0.15) is 46.5 Å². The van der Waals surface area contributed by atoms with Gasteiger partial charge in [-0.2, -0.15) is 0 Å². The van der Waals surface area contributed by atoms with Gasteiger partial charge in [0.2, 0.25) is 17.7 Å². The van der Waals surface area contributed by atoms with E-state index in [1.807, 2.05) is 39.0 Å². The number of nitrogens with zero attached hydrogens (tertiary/aromatic N) is 3. The summed E-state index contributed by atoms with van der Waals surface area (Å²) in [6.07, 6.45) is 3.17. The molecule has 8 nitrogen and oxygen atoms in total. The summed E-state index contributed by atoms with van der Waals surface area (Å²) in [6.45, 7) is 11.6. The number of hydrogen-bond donors (Lipinski definition) is 2. The number of amides is 3. The Hall–Kier alpha value is -2.32. The standard InChI is InChI=1S/C27H40ClN5O3/c1-26(2,3)24(35)29-19-23(34)33-11-8-27(9-12-33)18-21(30-25(27)36)7-10-31-13-15-32(16-14-31)22-6-4-5-20(28)17-22/h4-6,17,21H,7-16,18-19H2,1-3H3,(H,29,35)(H,30,36). The minimum Gasteiger partial charge on any atom is -0.369 e. The minimum absolute atomic E-state index is 0.0164. The second kappa shape index (κ2) is 11.0. The van der Waals surface area contributed by atoms with Crippen LogP contribution < -0.4 is 15.5 Å². The third-order valence-electron chi connectivity index (χ3n) is 7.95. The van der Waals surface area contributed by atoms with Crippen molar-refractivity contribution < 1.29 is 14.4 Å². The van der Waals surface area contributed by atoms with Crippen molar-refractivity contribution in [1.82, 2.24) is 20.4 Å². The first kappa shape index (κ1) is 26.7. The predicted molar refractivity (Wildman–Crippen MR) is 142 cm³/mol. The second-order valence-electron chi connectivity index (χ2n) is 11.6. The second-order valence-corrected chi connectivity index (χ2v) is 12.0. The number of benzene rings is 1. The number of piperidine rings is 1. The van der Waals surface area contributed by atoms with E-state index in [2.05, 4.69) is 26.5 Å². The van der Waals surface area contributed by atoms with E-state index in [0.717, 1.165) is 50.6 Å². The van der Waals surface area contributed by atoms with Gasteiger partial charge in [0, 0.05) is 68.0 Å². The lowest BCUT2D eigenvalue weighted by Gasteiger charge is -2.38. The molecule has 0 aliphatic carbocycles. The molecule has 1 unspecified atom stereocenters. The van der Waals surface area contributed by atoms with Gasteiger partial charge in [0.1, 0.15) is 0 Å². The summed E-state index contributed by atoms with van der Waals surface area (Å²) in [5, 5.41) is 6.75. The van der Waals surface area contributed by atoms with Gasteiger partial charge in [0.25, 0.3) is 0 Å². The number of hydrogen-bond acceptors (Lipinski definition) is 5. The number of carbonyl (C=O) groups is 3. The minimum atomic E-state index is -0.521. The maximum Gasteiger partial charge on any atom is 0.241 e. The van der Waals surface area contributed by atoms with Crippen molar-refractivity contribution in [3.63, 3.8) is 0 Å². The maximum absolute atomic E-state index is 12.9. The lowest BCUT2D eigenvalue weighted by Crippen LogP contribution is -2.49. The Morgan fingerprint density at radius 2 is 1.81 bits per heavy atom. The molecule has 1 aromatic carbocycles. The highest BCUT2D eigenvalue weighted by molar-refractivity contribution is 6.30. The van der Waals surface area contributed by atoms with Crippen molar-refractivity contribution in [3.05, 3.63) is 29.3 Å². The maximum atomic E-state index is 12.9. The fourth-order valence-corrected chi connectivity index (χ4v) is 5.70. The molecule has 198 valence electrons. The van der Waals surface area contributed by atoms with E-state index in [4.69, 9.17) is 11.6 Å². The molecular formula is C27H40ClN5O3. The molecule has 1 spiro atoms. The van der Waals surface area contributed by atoms with Crippen molar-refractivity contribution in [1.29, 1.82) is 0 Å². The zero-order valence-electron chi connectivity index (χ0n) is 21.8. The smallest absolute Gasteiger partial charge is 0.241 e. The van der Waals surface area contributed by atoms with Crippen LogP contribution in [0.3, 0.4) is 0 Å². The molecule has 3 amide bonds. The third-order valence-corrected chi connectivity index (χ3v) is 8.18. The number of nitrogens with one attached hydrogen (secondary N) is 2. The molecule has 2 N–H and O–H groups in total. The molecule has 0 saturated carbocycles. The first-order chi connectivity index (χ1) is 17.1. The molecule has 36 heavy (non-hydrogen) atoms. The van der Waals surface area contributed by atoms with Gasteiger partial charge in [-0.15, -0.1) is 0 Å². The summed E-state index contributed by atoms with van der Waals surface area (Å²) in [5.41, 5.74) is 0.294. The lowest BCUT2D eigenvalue weighted by atomic mass is 9.75. The SMILES string of the molecule is CC(C)(C)C(=O)NCC(=O)N1CCC2(CC1)CC(CCN1CCN(c3cccc(Cl)c3)CC1)NC2=O. The Kier molecular flexibility index (Phi) is 8.15. The van der Waals surface area contributed by atoms with Crippen molar-refractivity contribution in [2.24, 2.45) is 10.8 Å². The first-order valence-corrected chi connectivity index (χ1v) is 13.5. The summed E-state index contributed by atoms with van der Waals surface area (Å²) in [7, 11) is 0. The van der Waals surface area contributed by atoms with E-state index in [9.17, 15) is 14.4 Å².